The summed E-state index contributed by atoms with van der Waals surface area (Å²) < 4.78 is 6.56. The van der Waals surface area contributed by atoms with Crippen molar-refractivity contribution >= 4 is 24.0 Å². The fraction of sp³-hybridized carbons (Fsp3) is 0.357. The summed E-state index contributed by atoms with van der Waals surface area (Å²) in [4.78, 5) is 17.0. The molecule has 1 amide bonds. The first kappa shape index (κ1) is 24.8. The van der Waals surface area contributed by atoms with Gasteiger partial charge in [-0.2, -0.15) is 0 Å². The van der Waals surface area contributed by atoms with Crippen molar-refractivity contribution in [3.63, 3.8) is 0 Å². The minimum absolute atomic E-state index is 0. The van der Waals surface area contributed by atoms with Crippen LogP contribution in [0.4, 0.5) is 5.69 Å². The molecule has 0 saturated carbocycles. The molecule has 5 heteroatoms. The molecule has 1 N–H and O–H groups in total. The van der Waals surface area contributed by atoms with Gasteiger partial charge in [-0.15, -0.1) is 12.4 Å². The minimum atomic E-state index is -0.391. The van der Waals surface area contributed by atoms with E-state index in [4.69, 9.17) is 4.74 Å². The van der Waals surface area contributed by atoms with Crippen LogP contribution >= 0.6 is 12.4 Å². The number of pyridine rings is 1. The van der Waals surface area contributed by atoms with Crippen LogP contribution in [0.25, 0.3) is 0 Å². The van der Waals surface area contributed by atoms with E-state index in [9.17, 15) is 4.79 Å². The molecule has 0 spiro atoms. The molecular formula is C28H33ClN2O2. The van der Waals surface area contributed by atoms with Crippen molar-refractivity contribution in [2.75, 3.05) is 5.32 Å². The standard InChI is InChI=1S/C28H32N2O2.ClH/c1-16(2)20-8-10-21(11-9-20)24-23-19(5)25(30-27(31)22-12-14-29-15-13-22)17(3)18(4)26(23)32-28(24,6)7;/h8-16,24H,1-7H3,(H,30,31);1H. The van der Waals surface area contributed by atoms with Crippen LogP contribution in [-0.4, -0.2) is 16.5 Å². The Hall–Kier alpha value is -2.85. The molecule has 4 nitrogen and oxygen atoms in total. The van der Waals surface area contributed by atoms with Crippen molar-refractivity contribution in [1.29, 1.82) is 0 Å². The van der Waals surface area contributed by atoms with Crippen molar-refractivity contribution in [2.45, 2.75) is 65.9 Å². The van der Waals surface area contributed by atoms with Gasteiger partial charge in [-0.3, -0.25) is 9.78 Å². The third kappa shape index (κ3) is 4.37. The maximum atomic E-state index is 12.9. The van der Waals surface area contributed by atoms with Gasteiger partial charge in [-0.05, 0) is 80.5 Å². The molecule has 3 aromatic rings. The van der Waals surface area contributed by atoms with E-state index in [-0.39, 0.29) is 24.2 Å². The summed E-state index contributed by atoms with van der Waals surface area (Å²) in [6, 6.07) is 12.3. The number of ether oxygens (including phenoxy) is 1. The Morgan fingerprint density at radius 2 is 1.58 bits per heavy atom. The number of amides is 1. The van der Waals surface area contributed by atoms with Crippen molar-refractivity contribution in [3.05, 3.63) is 87.7 Å². The van der Waals surface area contributed by atoms with Crippen molar-refractivity contribution in [3.8, 4) is 5.75 Å². The summed E-state index contributed by atoms with van der Waals surface area (Å²) in [7, 11) is 0. The third-order valence-electron chi connectivity index (χ3n) is 6.77. The fourth-order valence-corrected chi connectivity index (χ4v) is 4.81. The van der Waals surface area contributed by atoms with Gasteiger partial charge in [0.2, 0.25) is 0 Å². The molecular weight excluding hydrogens is 432 g/mol. The van der Waals surface area contributed by atoms with Gasteiger partial charge in [0.05, 0.1) is 5.92 Å². The first-order valence-electron chi connectivity index (χ1n) is 11.3. The molecule has 1 atom stereocenters. The number of hydrogen-bond donors (Lipinski definition) is 1. The van der Waals surface area contributed by atoms with E-state index in [1.807, 2.05) is 6.92 Å². The second kappa shape index (κ2) is 9.18. The predicted molar refractivity (Wildman–Crippen MR) is 137 cm³/mol. The Balaban J connectivity index is 0.00000306. The number of benzene rings is 2. The molecule has 0 radical (unpaired) electrons. The van der Waals surface area contributed by atoms with E-state index in [2.05, 4.69) is 76.1 Å². The smallest absolute Gasteiger partial charge is 0.255 e. The fourth-order valence-electron chi connectivity index (χ4n) is 4.81. The van der Waals surface area contributed by atoms with Gasteiger partial charge in [0.25, 0.3) is 5.91 Å². The number of hydrogen-bond acceptors (Lipinski definition) is 3. The number of nitrogens with zero attached hydrogens (tertiary/aromatic N) is 1. The molecule has 4 rings (SSSR count). The van der Waals surface area contributed by atoms with E-state index in [0.717, 1.165) is 28.1 Å². The predicted octanol–water partition coefficient (Wildman–Crippen LogP) is 7.11. The molecule has 1 aromatic heterocycles. The third-order valence-corrected chi connectivity index (χ3v) is 6.77. The number of carbonyl (C=O) groups excluding carboxylic acids is 1. The molecule has 2 aromatic carbocycles. The Kier molecular flexibility index (Phi) is 6.90. The molecule has 174 valence electrons. The SMILES string of the molecule is Cc1c(C)c2c(c(C)c1NC(=O)c1ccncc1)C(c1ccc(C(C)C)cc1)C(C)(C)O2.Cl. The van der Waals surface area contributed by atoms with Gasteiger partial charge >= 0.3 is 0 Å². The zero-order valence-electron chi connectivity index (χ0n) is 20.4. The van der Waals surface area contributed by atoms with Crippen LogP contribution in [0.15, 0.2) is 48.8 Å². The van der Waals surface area contributed by atoms with Crippen molar-refractivity contribution in [1.82, 2.24) is 4.98 Å². The molecule has 0 bridgehead atoms. The summed E-state index contributed by atoms with van der Waals surface area (Å²) in [5.74, 6) is 1.39. The topological polar surface area (TPSA) is 51.2 Å². The van der Waals surface area contributed by atoms with Crippen LogP contribution in [0.2, 0.25) is 0 Å². The average Bonchev–Trinajstić information content (AvgIpc) is 3.07. The highest BCUT2D eigenvalue weighted by Gasteiger charge is 2.45. The lowest BCUT2D eigenvalue weighted by atomic mass is 9.78. The molecule has 0 saturated heterocycles. The molecule has 1 aliphatic rings. The van der Waals surface area contributed by atoms with Gasteiger partial charge in [0, 0.05) is 29.2 Å². The van der Waals surface area contributed by atoms with Gasteiger partial charge in [-0.25, -0.2) is 0 Å². The van der Waals surface area contributed by atoms with Crippen LogP contribution in [0.1, 0.15) is 83.3 Å². The maximum Gasteiger partial charge on any atom is 0.255 e. The number of fused-ring (bicyclic) bond motifs is 1. The van der Waals surface area contributed by atoms with Crippen molar-refractivity contribution < 1.29 is 9.53 Å². The highest BCUT2D eigenvalue weighted by molar-refractivity contribution is 6.05. The molecule has 1 aliphatic heterocycles. The van der Waals surface area contributed by atoms with Gasteiger partial charge in [-0.1, -0.05) is 38.1 Å². The molecule has 0 aliphatic carbocycles. The number of nitrogens with one attached hydrogen (secondary N) is 1. The number of aromatic nitrogens is 1. The summed E-state index contributed by atoms with van der Waals surface area (Å²) in [6.45, 7) is 14.9. The van der Waals surface area contributed by atoms with Crippen LogP contribution < -0.4 is 10.1 Å². The van der Waals surface area contributed by atoms with Crippen molar-refractivity contribution in [2.24, 2.45) is 0 Å². The Labute approximate surface area is 203 Å². The maximum absolute atomic E-state index is 12.9. The van der Waals surface area contributed by atoms with Gasteiger partial charge in [0.1, 0.15) is 11.4 Å². The number of rotatable bonds is 4. The van der Waals surface area contributed by atoms with Crippen LogP contribution in [-0.2, 0) is 0 Å². The number of anilines is 1. The zero-order chi connectivity index (χ0) is 23.2. The Morgan fingerprint density at radius 1 is 0.970 bits per heavy atom. The Bertz CT molecular complexity index is 1170. The summed E-state index contributed by atoms with van der Waals surface area (Å²) in [6.07, 6.45) is 3.27. The second-order valence-corrected chi connectivity index (χ2v) is 9.64. The first-order valence-corrected chi connectivity index (χ1v) is 11.3. The lowest BCUT2D eigenvalue weighted by Crippen LogP contribution is -2.31. The monoisotopic (exact) mass is 464 g/mol. The van der Waals surface area contributed by atoms with E-state index in [1.54, 1.807) is 24.5 Å². The second-order valence-electron chi connectivity index (χ2n) is 9.64. The van der Waals surface area contributed by atoms with Gasteiger partial charge < -0.3 is 10.1 Å². The lowest BCUT2D eigenvalue weighted by molar-refractivity contribution is 0.102. The van der Waals surface area contributed by atoms with E-state index in [1.165, 1.54) is 16.7 Å². The normalized spacial score (nSPS) is 16.1. The van der Waals surface area contributed by atoms with E-state index in [0.29, 0.717) is 11.5 Å². The van der Waals surface area contributed by atoms with Crippen LogP contribution in [0.5, 0.6) is 5.75 Å². The van der Waals surface area contributed by atoms with Gasteiger partial charge in [0.15, 0.2) is 0 Å². The van der Waals surface area contributed by atoms with E-state index >= 15 is 0 Å². The average molecular weight is 465 g/mol. The Morgan fingerprint density at radius 3 is 2.15 bits per heavy atom. The number of carbonyl (C=O) groups is 1. The zero-order valence-corrected chi connectivity index (χ0v) is 21.3. The quantitative estimate of drug-likeness (QED) is 0.447. The summed E-state index contributed by atoms with van der Waals surface area (Å²) >= 11 is 0. The van der Waals surface area contributed by atoms with E-state index < -0.39 is 5.60 Å². The largest absolute Gasteiger partial charge is 0.486 e. The number of halogens is 1. The minimum Gasteiger partial charge on any atom is -0.486 e. The molecule has 1 unspecified atom stereocenters. The molecule has 2 heterocycles. The van der Waals surface area contributed by atoms with Crippen LogP contribution in [0, 0.1) is 20.8 Å². The summed E-state index contributed by atoms with van der Waals surface area (Å²) in [5.41, 5.74) is 7.97. The molecule has 33 heavy (non-hydrogen) atoms. The molecule has 0 fully saturated rings. The highest BCUT2D eigenvalue weighted by atomic mass is 35.5. The van der Waals surface area contributed by atoms with Crippen LogP contribution in [0.3, 0.4) is 0 Å². The summed E-state index contributed by atoms with van der Waals surface area (Å²) in [5, 5.41) is 3.17. The highest BCUT2D eigenvalue weighted by Crippen LogP contribution is 2.53. The first-order chi connectivity index (χ1) is 15.1. The lowest BCUT2D eigenvalue weighted by Gasteiger charge is -2.27.